The van der Waals surface area contributed by atoms with E-state index in [1.165, 1.54) is 6.33 Å². The molecule has 2 heterocycles. The lowest BCUT2D eigenvalue weighted by molar-refractivity contribution is 0.548. The summed E-state index contributed by atoms with van der Waals surface area (Å²) in [6.07, 6.45) is 1.23. The average Bonchev–Trinajstić information content (AvgIpc) is 2.55. The summed E-state index contributed by atoms with van der Waals surface area (Å²) in [5.41, 5.74) is 0.607. The summed E-state index contributed by atoms with van der Waals surface area (Å²) in [7, 11) is 0. The van der Waals surface area contributed by atoms with Crippen LogP contribution in [0.5, 0.6) is 0 Å². The number of aromatic nitrogens is 4. The molecule has 3 rings (SSSR count). The molecule has 2 aromatic heterocycles. The molecule has 0 amide bonds. The molecule has 0 aliphatic heterocycles. The van der Waals surface area contributed by atoms with Crippen LogP contribution in [0.25, 0.3) is 22.3 Å². The van der Waals surface area contributed by atoms with Gasteiger partial charge in [-0.2, -0.15) is 0 Å². The number of nitrogens with one attached hydrogen (secondary N) is 2. The van der Waals surface area contributed by atoms with E-state index < -0.39 is 23.0 Å². The topological polar surface area (TPSA) is 75.6 Å². The van der Waals surface area contributed by atoms with Crippen molar-refractivity contribution >= 4 is 22.7 Å². The van der Waals surface area contributed by atoms with Crippen LogP contribution in [0.1, 0.15) is 27.7 Å². The van der Waals surface area contributed by atoms with Crippen LogP contribution in [0.4, 0.5) is 24.7 Å². The fourth-order valence-corrected chi connectivity index (χ4v) is 2.75. The zero-order valence-electron chi connectivity index (χ0n) is 15.3. The maximum atomic E-state index is 14.6. The third kappa shape index (κ3) is 3.76. The number of rotatable bonds is 5. The van der Waals surface area contributed by atoms with Crippen molar-refractivity contribution in [1.82, 2.24) is 20.2 Å². The fraction of sp³-hybridized carbons (Fsp3) is 0.333. The van der Waals surface area contributed by atoms with E-state index in [4.69, 9.17) is 0 Å². The van der Waals surface area contributed by atoms with E-state index in [1.54, 1.807) is 0 Å². The summed E-state index contributed by atoms with van der Waals surface area (Å²) >= 11 is 0. The molecule has 1 aromatic carbocycles. The summed E-state index contributed by atoms with van der Waals surface area (Å²) in [6.45, 7) is 7.46. The van der Waals surface area contributed by atoms with Gasteiger partial charge >= 0.3 is 0 Å². The summed E-state index contributed by atoms with van der Waals surface area (Å²) in [5.74, 6) is -2.86. The zero-order chi connectivity index (χ0) is 19.7. The van der Waals surface area contributed by atoms with Crippen LogP contribution in [0.3, 0.4) is 0 Å². The molecule has 3 aromatic rings. The molecule has 0 unspecified atom stereocenters. The average molecular weight is 376 g/mol. The van der Waals surface area contributed by atoms with Crippen molar-refractivity contribution in [1.29, 1.82) is 0 Å². The van der Waals surface area contributed by atoms with Gasteiger partial charge in [0.05, 0.1) is 16.8 Å². The minimum atomic E-state index is -1.03. The smallest absolute Gasteiger partial charge is 0.204 e. The number of anilines is 2. The Morgan fingerprint density at radius 2 is 1.52 bits per heavy atom. The molecule has 0 radical (unpaired) electrons. The van der Waals surface area contributed by atoms with Crippen LogP contribution in [-0.2, 0) is 0 Å². The standard InChI is InChI=1S/C18H19F3N6/c1-8(2)24-15-14(13-11(20)5-10(19)6-12(13)21)17(25-9(3)4)26-18-16(15)22-7-23-27-18/h5-9H,1-4H3,(H2,24,25,26,27). The van der Waals surface area contributed by atoms with E-state index in [9.17, 15) is 13.2 Å². The molecule has 142 valence electrons. The molecule has 9 heteroatoms. The highest BCUT2D eigenvalue weighted by Crippen LogP contribution is 2.41. The largest absolute Gasteiger partial charge is 0.380 e. The van der Waals surface area contributed by atoms with Crippen LogP contribution < -0.4 is 10.6 Å². The Balaban J connectivity index is 2.44. The molecule has 6 nitrogen and oxygen atoms in total. The van der Waals surface area contributed by atoms with Crippen molar-refractivity contribution < 1.29 is 13.2 Å². The lowest BCUT2D eigenvalue weighted by atomic mass is 10.0. The van der Waals surface area contributed by atoms with Gasteiger partial charge in [-0.25, -0.2) is 23.1 Å². The van der Waals surface area contributed by atoms with Crippen LogP contribution in [-0.4, -0.2) is 32.2 Å². The SMILES string of the molecule is CC(C)Nc1nc2nncnc2c(NC(C)C)c1-c1c(F)cc(F)cc1F. The van der Waals surface area contributed by atoms with Gasteiger partial charge in [-0.3, -0.25) is 0 Å². The van der Waals surface area contributed by atoms with Gasteiger partial charge in [-0.05, 0) is 27.7 Å². The van der Waals surface area contributed by atoms with Gasteiger partial charge < -0.3 is 10.6 Å². The predicted molar refractivity (Wildman–Crippen MR) is 98.0 cm³/mol. The molecule has 0 bridgehead atoms. The van der Waals surface area contributed by atoms with Crippen molar-refractivity contribution in [2.24, 2.45) is 0 Å². The Hall–Kier alpha value is -2.97. The first kappa shape index (κ1) is 18.8. The van der Waals surface area contributed by atoms with Crippen LogP contribution >= 0.6 is 0 Å². The summed E-state index contributed by atoms with van der Waals surface area (Å²) in [5, 5.41) is 13.9. The van der Waals surface area contributed by atoms with Crippen molar-refractivity contribution in [3.05, 3.63) is 35.9 Å². The highest BCUT2D eigenvalue weighted by atomic mass is 19.1. The minimum absolute atomic E-state index is 0.0808. The number of nitrogens with zero attached hydrogens (tertiary/aromatic N) is 4. The van der Waals surface area contributed by atoms with Gasteiger partial charge in [0.15, 0.2) is 0 Å². The molecule has 2 N–H and O–H groups in total. The highest BCUT2D eigenvalue weighted by Gasteiger charge is 2.25. The first-order valence-corrected chi connectivity index (χ1v) is 8.47. The Kier molecular flexibility index (Phi) is 5.11. The normalized spacial score (nSPS) is 11.4. The quantitative estimate of drug-likeness (QED) is 0.697. The fourth-order valence-electron chi connectivity index (χ4n) is 2.75. The summed E-state index contributed by atoms with van der Waals surface area (Å²) < 4.78 is 42.7. The maximum absolute atomic E-state index is 14.6. The number of hydrogen-bond donors (Lipinski definition) is 2. The van der Waals surface area contributed by atoms with Crippen molar-refractivity contribution in [3.8, 4) is 11.1 Å². The monoisotopic (exact) mass is 376 g/mol. The number of pyridine rings is 1. The second kappa shape index (κ2) is 7.34. The first-order valence-electron chi connectivity index (χ1n) is 8.47. The molecule has 27 heavy (non-hydrogen) atoms. The highest BCUT2D eigenvalue weighted by molar-refractivity contribution is 6.00. The van der Waals surface area contributed by atoms with Crippen molar-refractivity contribution in [3.63, 3.8) is 0 Å². The molecule has 0 saturated heterocycles. The van der Waals surface area contributed by atoms with Crippen LogP contribution in [0, 0.1) is 17.5 Å². The van der Waals surface area contributed by atoms with Crippen molar-refractivity contribution in [2.75, 3.05) is 10.6 Å². The van der Waals surface area contributed by atoms with Crippen LogP contribution in [0.15, 0.2) is 18.5 Å². The number of fused-ring (bicyclic) bond motifs is 1. The molecule has 0 saturated carbocycles. The second-order valence-corrected chi connectivity index (χ2v) is 6.69. The molecule has 0 spiro atoms. The molecular weight excluding hydrogens is 357 g/mol. The molecular formula is C18H19F3N6. The number of benzene rings is 1. The van der Waals surface area contributed by atoms with Gasteiger partial charge in [0.2, 0.25) is 5.65 Å². The lowest BCUT2D eigenvalue weighted by Crippen LogP contribution is -2.17. The summed E-state index contributed by atoms with van der Waals surface area (Å²) in [6, 6.07) is 1.11. The van der Waals surface area contributed by atoms with E-state index in [0.29, 0.717) is 23.3 Å². The van der Waals surface area contributed by atoms with Crippen molar-refractivity contribution in [2.45, 2.75) is 39.8 Å². The number of halogens is 3. The molecule has 0 aliphatic rings. The van der Waals surface area contributed by atoms with Gasteiger partial charge in [0.1, 0.15) is 35.1 Å². The van der Waals surface area contributed by atoms with Crippen LogP contribution in [0.2, 0.25) is 0 Å². The molecule has 0 aliphatic carbocycles. The third-order valence-corrected chi connectivity index (χ3v) is 3.66. The Bertz CT molecular complexity index is 967. The zero-order valence-corrected chi connectivity index (χ0v) is 15.3. The van der Waals surface area contributed by atoms with E-state index in [1.807, 2.05) is 27.7 Å². The lowest BCUT2D eigenvalue weighted by Gasteiger charge is -2.21. The third-order valence-electron chi connectivity index (χ3n) is 3.66. The second-order valence-electron chi connectivity index (χ2n) is 6.69. The first-order chi connectivity index (χ1) is 12.8. The van der Waals surface area contributed by atoms with Gasteiger partial charge in [-0.15, -0.1) is 10.2 Å². The van der Waals surface area contributed by atoms with E-state index in [2.05, 4.69) is 30.8 Å². The maximum Gasteiger partial charge on any atom is 0.204 e. The molecule has 0 fully saturated rings. The van der Waals surface area contributed by atoms with Gasteiger partial charge in [0.25, 0.3) is 0 Å². The Morgan fingerprint density at radius 3 is 2.11 bits per heavy atom. The van der Waals surface area contributed by atoms with E-state index >= 15 is 0 Å². The predicted octanol–water partition coefficient (Wildman–Crippen LogP) is 4.14. The Labute approximate surface area is 154 Å². The van der Waals surface area contributed by atoms with E-state index in [-0.39, 0.29) is 29.1 Å². The van der Waals surface area contributed by atoms with Gasteiger partial charge in [-0.1, -0.05) is 0 Å². The molecule has 0 atom stereocenters. The van der Waals surface area contributed by atoms with E-state index in [0.717, 1.165) is 0 Å². The minimum Gasteiger partial charge on any atom is -0.380 e. The summed E-state index contributed by atoms with van der Waals surface area (Å²) in [4.78, 5) is 8.52. The van der Waals surface area contributed by atoms with Gasteiger partial charge in [0, 0.05) is 24.2 Å². The number of hydrogen-bond acceptors (Lipinski definition) is 6. The Morgan fingerprint density at radius 1 is 0.889 bits per heavy atom.